The van der Waals surface area contributed by atoms with Gasteiger partial charge in [-0.05, 0) is 37.1 Å². The molecule has 2 fully saturated rings. The highest BCUT2D eigenvalue weighted by Crippen LogP contribution is 2.37. The molecule has 0 saturated heterocycles. The molecule has 0 bridgehead atoms. The minimum Gasteiger partial charge on any atom is -0.330 e. The first-order valence-electron chi connectivity index (χ1n) is 7.10. The average Bonchev–Trinajstić information content (AvgIpc) is 2.64. The molecular formula is C14H27N. The Morgan fingerprint density at radius 1 is 0.733 bits per heavy atom. The summed E-state index contributed by atoms with van der Waals surface area (Å²) in [4.78, 5) is 0. The third-order valence-corrected chi connectivity index (χ3v) is 4.73. The fourth-order valence-electron chi connectivity index (χ4n) is 3.76. The van der Waals surface area contributed by atoms with Crippen molar-refractivity contribution in [2.75, 3.05) is 6.54 Å². The van der Waals surface area contributed by atoms with E-state index in [1.54, 1.807) is 0 Å². The Bertz CT molecular complexity index is 172. The first kappa shape index (κ1) is 11.4. The maximum Gasteiger partial charge on any atom is -0.00462 e. The molecule has 2 atom stereocenters. The quantitative estimate of drug-likeness (QED) is 0.704. The number of rotatable bonds is 3. The summed E-state index contributed by atoms with van der Waals surface area (Å²) in [5.41, 5.74) is 5.94. The average molecular weight is 209 g/mol. The summed E-state index contributed by atoms with van der Waals surface area (Å²) in [6, 6.07) is 0. The van der Waals surface area contributed by atoms with Gasteiger partial charge in [0.2, 0.25) is 0 Å². The van der Waals surface area contributed by atoms with E-state index in [0.717, 1.165) is 24.3 Å². The lowest BCUT2D eigenvalue weighted by Crippen LogP contribution is -2.24. The van der Waals surface area contributed by atoms with Gasteiger partial charge < -0.3 is 5.73 Å². The molecule has 2 rings (SSSR count). The number of hydrogen-bond acceptors (Lipinski definition) is 1. The van der Waals surface area contributed by atoms with Gasteiger partial charge in [-0.2, -0.15) is 0 Å². The van der Waals surface area contributed by atoms with Crippen LogP contribution in [0.25, 0.3) is 0 Å². The highest BCUT2D eigenvalue weighted by atomic mass is 14.6. The molecular weight excluding hydrogens is 182 g/mol. The largest absolute Gasteiger partial charge is 0.330 e. The molecule has 0 heterocycles. The zero-order valence-electron chi connectivity index (χ0n) is 10.1. The minimum atomic E-state index is 0.855. The maximum absolute atomic E-state index is 5.94. The normalized spacial score (nSPS) is 34.2. The van der Waals surface area contributed by atoms with E-state index >= 15 is 0 Å². The summed E-state index contributed by atoms with van der Waals surface area (Å²) in [6.45, 7) is 0.942. The van der Waals surface area contributed by atoms with Gasteiger partial charge >= 0.3 is 0 Å². The first-order valence-corrected chi connectivity index (χ1v) is 7.10. The van der Waals surface area contributed by atoms with E-state index in [1.807, 2.05) is 0 Å². The van der Waals surface area contributed by atoms with Crippen molar-refractivity contribution in [3.05, 3.63) is 0 Å². The summed E-state index contributed by atoms with van der Waals surface area (Å²) < 4.78 is 0. The summed E-state index contributed by atoms with van der Waals surface area (Å²) in [7, 11) is 0. The van der Waals surface area contributed by atoms with Gasteiger partial charge in [0.1, 0.15) is 0 Å². The highest BCUT2D eigenvalue weighted by molar-refractivity contribution is 4.79. The van der Waals surface area contributed by atoms with Crippen LogP contribution in [-0.2, 0) is 0 Å². The molecule has 0 aromatic rings. The standard InChI is InChI=1S/C14H27N/c15-11-14-9-3-1-2-8-13(14)10-12-6-4-5-7-12/h12-14H,1-11,15H2. The Balaban J connectivity index is 1.85. The van der Waals surface area contributed by atoms with Crippen LogP contribution >= 0.6 is 0 Å². The van der Waals surface area contributed by atoms with Crippen LogP contribution in [0.2, 0.25) is 0 Å². The molecule has 1 nitrogen and oxygen atoms in total. The molecule has 0 aromatic heterocycles. The van der Waals surface area contributed by atoms with Gasteiger partial charge in [-0.25, -0.2) is 0 Å². The third kappa shape index (κ3) is 3.21. The van der Waals surface area contributed by atoms with Crippen molar-refractivity contribution in [3.63, 3.8) is 0 Å². The smallest absolute Gasteiger partial charge is 0.00462 e. The van der Waals surface area contributed by atoms with Crippen LogP contribution in [0.1, 0.15) is 64.2 Å². The SMILES string of the molecule is NCC1CCCCCC1CC1CCCC1. The maximum atomic E-state index is 5.94. The predicted molar refractivity (Wildman–Crippen MR) is 65.7 cm³/mol. The van der Waals surface area contributed by atoms with Crippen molar-refractivity contribution in [3.8, 4) is 0 Å². The van der Waals surface area contributed by atoms with Crippen LogP contribution in [-0.4, -0.2) is 6.54 Å². The van der Waals surface area contributed by atoms with Crippen molar-refractivity contribution in [1.82, 2.24) is 0 Å². The molecule has 0 aromatic carbocycles. The molecule has 15 heavy (non-hydrogen) atoms. The second kappa shape index (κ2) is 5.89. The summed E-state index contributed by atoms with van der Waals surface area (Å²) in [5.74, 6) is 2.89. The lowest BCUT2D eigenvalue weighted by atomic mass is 9.81. The topological polar surface area (TPSA) is 26.0 Å². The van der Waals surface area contributed by atoms with Crippen molar-refractivity contribution in [1.29, 1.82) is 0 Å². The molecule has 88 valence electrons. The van der Waals surface area contributed by atoms with Gasteiger partial charge in [-0.15, -0.1) is 0 Å². The summed E-state index contributed by atoms with van der Waals surface area (Å²) >= 11 is 0. The number of nitrogens with two attached hydrogens (primary N) is 1. The van der Waals surface area contributed by atoms with Gasteiger partial charge in [-0.3, -0.25) is 0 Å². The van der Waals surface area contributed by atoms with E-state index in [0.29, 0.717) is 0 Å². The van der Waals surface area contributed by atoms with Crippen LogP contribution in [0.3, 0.4) is 0 Å². The Kier molecular flexibility index (Phi) is 4.49. The molecule has 0 aliphatic heterocycles. The first-order chi connectivity index (χ1) is 7.40. The molecule has 2 saturated carbocycles. The Morgan fingerprint density at radius 3 is 2.00 bits per heavy atom. The molecule has 2 aliphatic carbocycles. The van der Waals surface area contributed by atoms with Gasteiger partial charge in [0, 0.05) is 0 Å². The fourth-order valence-corrected chi connectivity index (χ4v) is 3.76. The van der Waals surface area contributed by atoms with E-state index in [-0.39, 0.29) is 0 Å². The van der Waals surface area contributed by atoms with E-state index < -0.39 is 0 Å². The monoisotopic (exact) mass is 209 g/mol. The van der Waals surface area contributed by atoms with Crippen molar-refractivity contribution in [2.24, 2.45) is 23.5 Å². The van der Waals surface area contributed by atoms with Crippen LogP contribution in [0.4, 0.5) is 0 Å². The molecule has 2 N–H and O–H groups in total. The van der Waals surface area contributed by atoms with Crippen LogP contribution < -0.4 is 5.73 Å². The summed E-state index contributed by atoms with van der Waals surface area (Å²) in [5, 5.41) is 0. The van der Waals surface area contributed by atoms with Gasteiger partial charge in [0.15, 0.2) is 0 Å². The molecule has 2 unspecified atom stereocenters. The van der Waals surface area contributed by atoms with E-state index in [1.165, 1.54) is 64.2 Å². The highest BCUT2D eigenvalue weighted by Gasteiger charge is 2.26. The van der Waals surface area contributed by atoms with Crippen molar-refractivity contribution < 1.29 is 0 Å². The molecule has 0 amide bonds. The Hall–Kier alpha value is -0.0400. The minimum absolute atomic E-state index is 0.855. The third-order valence-electron chi connectivity index (χ3n) is 4.73. The Morgan fingerprint density at radius 2 is 1.33 bits per heavy atom. The van der Waals surface area contributed by atoms with Crippen LogP contribution in [0, 0.1) is 17.8 Å². The zero-order valence-corrected chi connectivity index (χ0v) is 10.1. The van der Waals surface area contributed by atoms with E-state index in [9.17, 15) is 0 Å². The number of hydrogen-bond donors (Lipinski definition) is 1. The Labute approximate surface area is 94.8 Å². The van der Waals surface area contributed by atoms with Crippen molar-refractivity contribution >= 4 is 0 Å². The summed E-state index contributed by atoms with van der Waals surface area (Å²) in [6.07, 6.45) is 14.7. The molecule has 2 aliphatic rings. The molecule has 0 spiro atoms. The zero-order chi connectivity index (χ0) is 10.5. The van der Waals surface area contributed by atoms with Gasteiger partial charge in [-0.1, -0.05) is 51.4 Å². The molecule has 0 radical (unpaired) electrons. The molecule has 1 heteroatoms. The second-order valence-corrected chi connectivity index (χ2v) is 5.78. The fraction of sp³-hybridized carbons (Fsp3) is 1.00. The van der Waals surface area contributed by atoms with Crippen molar-refractivity contribution in [2.45, 2.75) is 64.2 Å². The van der Waals surface area contributed by atoms with E-state index in [4.69, 9.17) is 5.73 Å². The van der Waals surface area contributed by atoms with Gasteiger partial charge in [0.05, 0.1) is 0 Å². The van der Waals surface area contributed by atoms with Gasteiger partial charge in [0.25, 0.3) is 0 Å². The lowest BCUT2D eigenvalue weighted by Gasteiger charge is -2.26. The van der Waals surface area contributed by atoms with Crippen LogP contribution in [0.5, 0.6) is 0 Å². The second-order valence-electron chi connectivity index (χ2n) is 5.78. The van der Waals surface area contributed by atoms with Crippen LogP contribution in [0.15, 0.2) is 0 Å². The lowest BCUT2D eigenvalue weighted by molar-refractivity contribution is 0.258. The van der Waals surface area contributed by atoms with E-state index in [2.05, 4.69) is 0 Å². The predicted octanol–water partition coefficient (Wildman–Crippen LogP) is 3.72.